The van der Waals surface area contributed by atoms with Crippen molar-refractivity contribution in [3.63, 3.8) is 0 Å². The van der Waals surface area contributed by atoms with Crippen LogP contribution in [0.25, 0.3) is 93.6 Å². The molecule has 0 aliphatic rings. The summed E-state index contributed by atoms with van der Waals surface area (Å²) in [4.78, 5) is 0. The van der Waals surface area contributed by atoms with Gasteiger partial charge in [-0.3, -0.25) is 0 Å². The van der Waals surface area contributed by atoms with E-state index in [4.69, 9.17) is 0 Å². The Kier molecular flexibility index (Phi) is 6.61. The van der Waals surface area contributed by atoms with Crippen molar-refractivity contribution < 1.29 is 0 Å². The summed E-state index contributed by atoms with van der Waals surface area (Å²) in [5.74, 6) is 0. The van der Waals surface area contributed by atoms with E-state index in [0.717, 1.165) is 61.0 Å². The topological polar surface area (TPSA) is 62.4 Å². The third-order valence-electron chi connectivity index (χ3n) is 11.1. The summed E-state index contributed by atoms with van der Waals surface area (Å²) in [7, 11) is 0. The molecule has 0 amide bonds. The van der Waals surface area contributed by atoms with Gasteiger partial charge < -0.3 is 13.7 Å². The highest BCUT2D eigenvalue weighted by Crippen LogP contribution is 2.42. The molecule has 11 aromatic rings. The van der Waals surface area contributed by atoms with Crippen LogP contribution < -0.4 is 0 Å². The van der Waals surface area contributed by atoms with Gasteiger partial charge in [-0.25, -0.2) is 0 Å². The van der Waals surface area contributed by atoms with Crippen LogP contribution in [0.4, 0.5) is 0 Å². The third kappa shape index (κ3) is 4.39. The minimum atomic E-state index is 0.555. The van der Waals surface area contributed by atoms with Crippen LogP contribution in [0.2, 0.25) is 0 Å². The lowest BCUT2D eigenvalue weighted by atomic mass is 10.00. The van der Waals surface area contributed by atoms with Crippen LogP contribution in [0.1, 0.15) is 11.1 Å². The molecule has 5 nitrogen and oxygen atoms in total. The Morgan fingerprint density at radius 3 is 1.51 bits per heavy atom. The molecule has 0 radical (unpaired) electrons. The fourth-order valence-electron chi connectivity index (χ4n) is 8.82. The highest BCUT2D eigenvalue weighted by atomic mass is 15.0. The molecule has 0 aliphatic heterocycles. The van der Waals surface area contributed by atoms with E-state index in [1.807, 2.05) is 42.5 Å². The van der Waals surface area contributed by atoms with Gasteiger partial charge in [-0.2, -0.15) is 10.5 Å². The van der Waals surface area contributed by atoms with Crippen molar-refractivity contribution in [2.75, 3.05) is 0 Å². The van der Waals surface area contributed by atoms with Gasteiger partial charge in [-0.15, -0.1) is 0 Å². The molecule has 11 rings (SSSR count). The molecule has 0 atom stereocenters. The van der Waals surface area contributed by atoms with Crippen LogP contribution in [0.5, 0.6) is 0 Å². The molecule has 0 aliphatic carbocycles. The number of aromatic nitrogens is 3. The number of hydrogen-bond donors (Lipinski definition) is 0. The van der Waals surface area contributed by atoms with Gasteiger partial charge in [-0.05, 0) is 72.3 Å². The van der Waals surface area contributed by atoms with E-state index in [1.165, 1.54) is 32.6 Å². The average molecular weight is 700 g/mol. The van der Waals surface area contributed by atoms with Gasteiger partial charge in [0.1, 0.15) is 6.07 Å². The van der Waals surface area contributed by atoms with E-state index in [9.17, 15) is 10.5 Å². The molecule has 0 unspecified atom stereocenters. The summed E-state index contributed by atoms with van der Waals surface area (Å²) in [6, 6.07) is 66.0. The molecule has 0 bridgehead atoms. The van der Waals surface area contributed by atoms with Crippen LogP contribution in [0.15, 0.2) is 176 Å². The summed E-state index contributed by atoms with van der Waals surface area (Å²) in [5, 5.41) is 27.2. The lowest BCUT2D eigenvalue weighted by Gasteiger charge is -2.17. The van der Waals surface area contributed by atoms with Gasteiger partial charge in [-0.1, -0.05) is 109 Å². The first-order valence-electron chi connectivity index (χ1n) is 18.3. The molecular formula is C50H29N5. The zero-order valence-electron chi connectivity index (χ0n) is 29.5. The first-order valence-corrected chi connectivity index (χ1v) is 18.3. The maximum absolute atomic E-state index is 10.5. The number of rotatable bonds is 4. The van der Waals surface area contributed by atoms with Gasteiger partial charge in [0.2, 0.25) is 0 Å². The van der Waals surface area contributed by atoms with Crippen LogP contribution in [0.3, 0.4) is 0 Å². The Bertz CT molecular complexity index is 3420. The second-order valence-corrected chi connectivity index (χ2v) is 14.0. The third-order valence-corrected chi connectivity index (χ3v) is 11.1. The number of hydrogen-bond acceptors (Lipinski definition) is 2. The predicted molar refractivity (Wildman–Crippen MR) is 224 cm³/mol. The van der Waals surface area contributed by atoms with Gasteiger partial charge in [0.15, 0.2) is 0 Å². The van der Waals surface area contributed by atoms with Crippen LogP contribution in [-0.2, 0) is 0 Å². The monoisotopic (exact) mass is 699 g/mol. The summed E-state index contributed by atoms with van der Waals surface area (Å²) >= 11 is 0. The minimum absolute atomic E-state index is 0.555. The highest BCUT2D eigenvalue weighted by molar-refractivity contribution is 6.17. The lowest BCUT2D eigenvalue weighted by molar-refractivity contribution is 1.16. The largest absolute Gasteiger partial charge is 0.309 e. The van der Waals surface area contributed by atoms with Crippen molar-refractivity contribution in [2.45, 2.75) is 0 Å². The van der Waals surface area contributed by atoms with Gasteiger partial charge in [0, 0.05) is 37.9 Å². The molecular weight excluding hydrogens is 671 g/mol. The molecule has 0 saturated carbocycles. The van der Waals surface area contributed by atoms with Gasteiger partial charge in [0.25, 0.3) is 0 Å². The van der Waals surface area contributed by atoms with Crippen molar-refractivity contribution >= 4 is 65.4 Å². The molecule has 0 fully saturated rings. The van der Waals surface area contributed by atoms with Crippen molar-refractivity contribution in [3.8, 4) is 40.3 Å². The molecule has 55 heavy (non-hydrogen) atoms. The lowest BCUT2D eigenvalue weighted by Crippen LogP contribution is -2.01. The number of fused-ring (bicyclic) bond motifs is 9. The maximum atomic E-state index is 10.5. The number of nitriles is 2. The molecule has 5 heteroatoms. The normalized spacial score (nSPS) is 11.6. The molecule has 3 heterocycles. The van der Waals surface area contributed by atoms with Gasteiger partial charge in [0.05, 0.1) is 67.4 Å². The van der Waals surface area contributed by atoms with Crippen molar-refractivity contribution in [3.05, 3.63) is 187 Å². The predicted octanol–water partition coefficient (Wildman–Crippen LogP) is 12.4. The second-order valence-electron chi connectivity index (χ2n) is 14.0. The average Bonchev–Trinajstić information content (AvgIpc) is 3.89. The minimum Gasteiger partial charge on any atom is -0.309 e. The molecule has 0 saturated heterocycles. The Balaban J connectivity index is 1.18. The van der Waals surface area contributed by atoms with Crippen molar-refractivity contribution in [1.82, 2.24) is 13.7 Å². The van der Waals surface area contributed by atoms with E-state index < -0.39 is 0 Å². The van der Waals surface area contributed by atoms with E-state index in [2.05, 4.69) is 159 Å². The molecule has 0 N–H and O–H groups in total. The maximum Gasteiger partial charge on any atom is 0.101 e. The fourth-order valence-corrected chi connectivity index (χ4v) is 8.82. The van der Waals surface area contributed by atoms with E-state index in [1.54, 1.807) is 0 Å². The highest BCUT2D eigenvalue weighted by Gasteiger charge is 2.22. The summed E-state index contributed by atoms with van der Waals surface area (Å²) in [5.41, 5.74) is 12.5. The standard InChI is InChI=1S/C50H29N5/c51-30-32-24-27-39-38-15-4-9-20-44(38)55(49(39)28-32)48-29-33(25-26-34(48)31-52)35-12-1-6-17-41(35)53-45-21-10-5-16-40(45)50-46(53)22-11-23-47(50)54-42-18-7-2-13-36(42)37-14-3-8-19-43(37)54/h1-29H. The number of benzene rings is 8. The second kappa shape index (κ2) is 11.8. The number of para-hydroxylation sites is 5. The Morgan fingerprint density at radius 2 is 0.855 bits per heavy atom. The van der Waals surface area contributed by atoms with Crippen molar-refractivity contribution in [1.29, 1.82) is 10.5 Å². The molecule has 3 aromatic heterocycles. The number of nitrogens with zero attached hydrogens (tertiary/aromatic N) is 5. The Labute approximate surface area is 316 Å². The van der Waals surface area contributed by atoms with Crippen molar-refractivity contribution in [2.24, 2.45) is 0 Å². The molecule has 0 spiro atoms. The van der Waals surface area contributed by atoms with Gasteiger partial charge >= 0.3 is 0 Å². The smallest absolute Gasteiger partial charge is 0.101 e. The molecule has 8 aromatic carbocycles. The summed E-state index contributed by atoms with van der Waals surface area (Å²) < 4.78 is 6.93. The Hall–Kier alpha value is -7.86. The zero-order valence-corrected chi connectivity index (χ0v) is 29.5. The van der Waals surface area contributed by atoms with E-state index in [-0.39, 0.29) is 0 Å². The van der Waals surface area contributed by atoms with Crippen LogP contribution in [-0.4, -0.2) is 13.7 Å². The first-order chi connectivity index (χ1) is 27.2. The Morgan fingerprint density at radius 1 is 0.345 bits per heavy atom. The van der Waals surface area contributed by atoms with Crippen LogP contribution in [0, 0.1) is 22.7 Å². The molecule has 254 valence electrons. The first kappa shape index (κ1) is 30.7. The van der Waals surface area contributed by atoms with E-state index >= 15 is 0 Å². The fraction of sp³-hybridized carbons (Fsp3) is 0. The van der Waals surface area contributed by atoms with E-state index in [0.29, 0.717) is 11.1 Å². The summed E-state index contributed by atoms with van der Waals surface area (Å²) in [6.07, 6.45) is 0. The quantitative estimate of drug-likeness (QED) is 0.184. The zero-order chi connectivity index (χ0) is 36.6. The van der Waals surface area contributed by atoms with Crippen LogP contribution >= 0.6 is 0 Å². The SMILES string of the molecule is N#Cc1ccc2c3ccccc3n(-c3cc(-c4ccccc4-n4c5ccccc5c5c(-n6c7ccccc7c7ccccc76)cccc54)ccc3C#N)c2c1. The summed E-state index contributed by atoms with van der Waals surface area (Å²) in [6.45, 7) is 0.